The number of ether oxygens (including phenoxy) is 4. The molecule has 56 heavy (non-hydrogen) atoms. The minimum atomic E-state index is -1.52. The highest BCUT2D eigenvalue weighted by molar-refractivity contribution is 6.59. The lowest BCUT2D eigenvalue weighted by Crippen LogP contribution is -2.30. The predicted octanol–water partition coefficient (Wildman–Crippen LogP) is 6.49. The van der Waals surface area contributed by atoms with Gasteiger partial charge in [-0.1, -0.05) is 78.1 Å². The van der Waals surface area contributed by atoms with E-state index in [-0.39, 0.29) is 50.6 Å². The number of nitrogens with zero attached hydrogens (tertiary/aromatic N) is 2. The van der Waals surface area contributed by atoms with Crippen LogP contribution in [0.25, 0.3) is 0 Å². The number of hydrogen-bond donors (Lipinski definition) is 2. The molecule has 1 atom stereocenters. The SMILES string of the molecule is C.COc1cccc(CN2C(=O)C=CC2=O)c1OC.COc1cccc(CN2C(=O)CC(c3cc(Cl)cc(Cl)c3)C2=O)c1OC.OB(O)c1cc(Cl)cc(Cl)c1. The number of para-hydroxylation sites is 2. The molecule has 0 radical (unpaired) electrons. The summed E-state index contributed by atoms with van der Waals surface area (Å²) in [5.74, 6) is 0.408. The van der Waals surface area contributed by atoms with E-state index in [2.05, 4.69) is 0 Å². The summed E-state index contributed by atoms with van der Waals surface area (Å²) in [5.41, 5.74) is 2.35. The van der Waals surface area contributed by atoms with E-state index in [4.69, 9.17) is 75.4 Å². The summed E-state index contributed by atoms with van der Waals surface area (Å²) in [6.45, 7) is 0.286. The number of benzene rings is 4. The maximum atomic E-state index is 12.8. The van der Waals surface area contributed by atoms with Gasteiger partial charge in [0.1, 0.15) is 0 Å². The molecule has 4 aromatic rings. The second kappa shape index (κ2) is 21.0. The van der Waals surface area contributed by atoms with Gasteiger partial charge in [-0.15, -0.1) is 0 Å². The molecular formula is C39H39BCl4N2O10. The summed E-state index contributed by atoms with van der Waals surface area (Å²) >= 11 is 23.2. The van der Waals surface area contributed by atoms with E-state index >= 15 is 0 Å². The van der Waals surface area contributed by atoms with Crippen LogP contribution in [0.4, 0.5) is 0 Å². The van der Waals surface area contributed by atoms with Crippen molar-refractivity contribution in [3.63, 3.8) is 0 Å². The molecule has 2 aliphatic rings. The molecule has 6 rings (SSSR count). The summed E-state index contributed by atoms with van der Waals surface area (Å²) < 4.78 is 21.1. The Morgan fingerprint density at radius 3 is 1.48 bits per heavy atom. The van der Waals surface area contributed by atoms with Crippen molar-refractivity contribution in [1.82, 2.24) is 9.80 Å². The first-order valence-electron chi connectivity index (χ1n) is 16.3. The Morgan fingerprint density at radius 2 is 1.07 bits per heavy atom. The molecular weight excluding hydrogens is 809 g/mol. The smallest absolute Gasteiger partial charge is 0.488 e. The molecule has 0 bridgehead atoms. The number of carbonyl (C=O) groups is 4. The van der Waals surface area contributed by atoms with Crippen LogP contribution in [0, 0.1) is 0 Å². The maximum absolute atomic E-state index is 12.8. The summed E-state index contributed by atoms with van der Waals surface area (Å²) in [7, 11) is 4.59. The fourth-order valence-electron chi connectivity index (χ4n) is 5.69. The van der Waals surface area contributed by atoms with E-state index < -0.39 is 13.0 Å². The Balaban J connectivity index is 0.000000243. The molecule has 4 amide bonds. The van der Waals surface area contributed by atoms with Gasteiger partial charge in [0.25, 0.3) is 11.8 Å². The van der Waals surface area contributed by atoms with Crippen LogP contribution in [0.15, 0.2) is 84.9 Å². The van der Waals surface area contributed by atoms with Crippen LogP contribution < -0.4 is 24.4 Å². The third-order valence-electron chi connectivity index (χ3n) is 8.24. The number of carbonyl (C=O) groups excluding carboxylic acids is 4. The van der Waals surface area contributed by atoms with Gasteiger partial charge in [0.15, 0.2) is 23.0 Å². The van der Waals surface area contributed by atoms with Crippen molar-refractivity contribution in [2.24, 2.45) is 0 Å². The molecule has 4 aromatic carbocycles. The van der Waals surface area contributed by atoms with Crippen LogP contribution in [-0.2, 0) is 32.3 Å². The van der Waals surface area contributed by atoms with Gasteiger partial charge >= 0.3 is 7.12 Å². The number of rotatable bonds is 10. The van der Waals surface area contributed by atoms with Gasteiger partial charge in [-0.05, 0) is 59.6 Å². The summed E-state index contributed by atoms with van der Waals surface area (Å²) in [6, 6.07) is 20.0. The van der Waals surface area contributed by atoms with Crippen molar-refractivity contribution in [2.45, 2.75) is 32.9 Å². The third kappa shape index (κ3) is 11.4. The van der Waals surface area contributed by atoms with Gasteiger partial charge < -0.3 is 29.0 Å². The summed E-state index contributed by atoms with van der Waals surface area (Å²) in [5, 5.41) is 19.1. The summed E-state index contributed by atoms with van der Waals surface area (Å²) in [4.78, 5) is 50.7. The summed E-state index contributed by atoms with van der Waals surface area (Å²) in [6.07, 6.45) is 2.60. The van der Waals surface area contributed by atoms with Crippen molar-refractivity contribution in [2.75, 3.05) is 28.4 Å². The number of methoxy groups -OCH3 is 4. The Bertz CT molecular complexity index is 2040. The van der Waals surface area contributed by atoms with Crippen LogP contribution in [0.1, 0.15) is 36.5 Å². The molecule has 0 aliphatic carbocycles. The van der Waals surface area contributed by atoms with Gasteiger partial charge in [0, 0.05) is 49.8 Å². The van der Waals surface area contributed by atoms with E-state index in [0.717, 1.165) is 10.5 Å². The van der Waals surface area contributed by atoms with E-state index in [0.29, 0.717) is 59.7 Å². The van der Waals surface area contributed by atoms with Gasteiger partial charge in [0.2, 0.25) is 11.8 Å². The number of likely N-dealkylation sites (tertiary alicyclic amines) is 1. The molecule has 0 spiro atoms. The lowest BCUT2D eigenvalue weighted by molar-refractivity contribution is -0.140. The van der Waals surface area contributed by atoms with E-state index in [9.17, 15) is 19.2 Å². The topological polar surface area (TPSA) is 152 Å². The van der Waals surface area contributed by atoms with Gasteiger partial charge in [-0.25, -0.2) is 0 Å². The standard InChI is InChI=1S/C19H17Cl2NO4.C13H13NO4.C6H5BCl2O2.CH4/c1-25-16-5-3-4-11(18(16)26-2)10-22-17(23)9-15(19(22)24)12-6-13(20)8-14(21)7-12;1-17-10-5-3-4-9(13(10)18-2)8-14-11(15)6-7-12(14)16;8-5-1-4(7(10)11)2-6(9)3-5;/h3-8,15H,9-10H2,1-2H3;3-7H,8H2,1-2H3;1-3,10-11H;1H4. The van der Waals surface area contributed by atoms with Crippen LogP contribution in [0.2, 0.25) is 20.1 Å². The molecule has 0 saturated carbocycles. The minimum Gasteiger partial charge on any atom is -0.493 e. The second-order valence-corrected chi connectivity index (χ2v) is 13.5. The van der Waals surface area contributed by atoms with Gasteiger partial charge in [0.05, 0.1) is 47.4 Å². The van der Waals surface area contributed by atoms with Crippen molar-refractivity contribution >= 4 is 82.6 Å². The van der Waals surface area contributed by atoms with Crippen LogP contribution in [-0.4, -0.2) is 79.0 Å². The minimum absolute atomic E-state index is 0. The van der Waals surface area contributed by atoms with Gasteiger partial charge in [-0.3, -0.25) is 29.0 Å². The Kier molecular flexibility index (Phi) is 17.1. The fraction of sp³-hybridized carbons (Fsp3) is 0.231. The number of halogens is 4. The second-order valence-electron chi connectivity index (χ2n) is 11.8. The van der Waals surface area contributed by atoms with Crippen LogP contribution in [0.5, 0.6) is 23.0 Å². The highest BCUT2D eigenvalue weighted by Crippen LogP contribution is 2.37. The van der Waals surface area contributed by atoms with Crippen LogP contribution >= 0.6 is 46.4 Å². The average molecular weight is 848 g/mol. The largest absolute Gasteiger partial charge is 0.493 e. The highest BCUT2D eigenvalue weighted by Gasteiger charge is 2.40. The van der Waals surface area contributed by atoms with Crippen LogP contribution in [0.3, 0.4) is 0 Å². The lowest BCUT2D eigenvalue weighted by Gasteiger charge is -2.18. The highest BCUT2D eigenvalue weighted by atomic mass is 35.5. The maximum Gasteiger partial charge on any atom is 0.488 e. The predicted molar refractivity (Wildman–Crippen MR) is 216 cm³/mol. The molecule has 12 nitrogen and oxygen atoms in total. The molecule has 1 saturated heterocycles. The molecule has 2 N–H and O–H groups in total. The third-order valence-corrected chi connectivity index (χ3v) is 9.11. The quantitative estimate of drug-likeness (QED) is 0.134. The molecule has 17 heteroatoms. The Morgan fingerprint density at radius 1 is 0.643 bits per heavy atom. The monoisotopic (exact) mass is 846 g/mol. The Labute approximate surface area is 345 Å². The number of amides is 4. The molecule has 0 aromatic heterocycles. The van der Waals surface area contributed by atoms with Crippen molar-refractivity contribution < 1.29 is 48.2 Å². The van der Waals surface area contributed by atoms with Crippen molar-refractivity contribution in [1.29, 1.82) is 0 Å². The van der Waals surface area contributed by atoms with E-state index in [1.165, 1.54) is 63.7 Å². The van der Waals surface area contributed by atoms with Crippen molar-refractivity contribution in [3.05, 3.63) is 122 Å². The molecule has 2 heterocycles. The van der Waals surface area contributed by atoms with E-state index in [1.54, 1.807) is 54.6 Å². The number of hydrogen-bond acceptors (Lipinski definition) is 10. The first-order chi connectivity index (χ1) is 26.2. The number of imide groups is 2. The molecule has 1 fully saturated rings. The van der Waals surface area contributed by atoms with Crippen molar-refractivity contribution in [3.8, 4) is 23.0 Å². The van der Waals surface area contributed by atoms with Gasteiger partial charge in [-0.2, -0.15) is 0 Å². The fourth-order valence-corrected chi connectivity index (χ4v) is 6.78. The zero-order valence-electron chi connectivity index (χ0n) is 29.9. The lowest BCUT2D eigenvalue weighted by atomic mass is 9.80. The average Bonchev–Trinajstić information content (AvgIpc) is 3.62. The first-order valence-corrected chi connectivity index (χ1v) is 17.8. The normalized spacial score (nSPS) is 14.4. The molecule has 2 aliphatic heterocycles. The zero-order valence-corrected chi connectivity index (χ0v) is 32.9. The van der Waals surface area contributed by atoms with E-state index in [1.807, 2.05) is 0 Å². The zero-order chi connectivity index (χ0) is 40.4. The first kappa shape index (κ1) is 45.6. The Hall–Kier alpha value is -4.76. The molecule has 1 unspecified atom stereocenters. The molecule has 296 valence electrons.